The van der Waals surface area contributed by atoms with Crippen LogP contribution in [-0.2, 0) is 6.54 Å². The molecule has 0 saturated carbocycles. The number of nitrogens with one attached hydrogen (secondary N) is 1. The molecule has 0 aliphatic carbocycles. The first-order valence-electron chi connectivity index (χ1n) is 5.61. The quantitative estimate of drug-likeness (QED) is 0.716. The van der Waals surface area contributed by atoms with Crippen LogP contribution in [0.1, 0.15) is 19.4 Å². The Kier molecular flexibility index (Phi) is 5.57. The van der Waals surface area contributed by atoms with Crippen molar-refractivity contribution in [2.24, 2.45) is 5.92 Å². The normalized spacial score (nSPS) is 10.4. The van der Waals surface area contributed by atoms with Gasteiger partial charge in [0, 0.05) is 18.8 Å². The van der Waals surface area contributed by atoms with Gasteiger partial charge in [-0.15, -0.1) is 0 Å². The van der Waals surface area contributed by atoms with E-state index in [-0.39, 0.29) is 0 Å². The van der Waals surface area contributed by atoms with Gasteiger partial charge in [-0.05, 0) is 24.1 Å². The van der Waals surface area contributed by atoms with Gasteiger partial charge in [0.1, 0.15) is 6.61 Å². The van der Waals surface area contributed by atoms with Gasteiger partial charge in [0.15, 0.2) is 0 Å². The molecule has 0 saturated heterocycles. The Balaban J connectivity index is 2.43. The fourth-order valence-electron chi connectivity index (χ4n) is 1.29. The van der Waals surface area contributed by atoms with Gasteiger partial charge >= 0.3 is 0 Å². The van der Waals surface area contributed by atoms with Crippen LogP contribution in [0.3, 0.4) is 0 Å². The molecule has 1 N–H and O–H groups in total. The second-order valence-electron chi connectivity index (χ2n) is 4.13. The zero-order valence-electron chi connectivity index (χ0n) is 10.1. The zero-order valence-corrected chi connectivity index (χ0v) is 10.1. The molecule has 0 spiro atoms. The van der Waals surface area contributed by atoms with Crippen molar-refractivity contribution in [1.29, 1.82) is 0 Å². The lowest BCUT2D eigenvalue weighted by molar-refractivity contribution is 0.348. The second-order valence-corrected chi connectivity index (χ2v) is 4.13. The van der Waals surface area contributed by atoms with Crippen LogP contribution in [-0.4, -0.2) is 18.1 Å². The Hall–Kier alpha value is -1.35. The van der Waals surface area contributed by atoms with Crippen LogP contribution in [0.4, 0.5) is 0 Å². The van der Waals surface area contributed by atoms with Gasteiger partial charge < -0.3 is 10.1 Å². The van der Waals surface area contributed by atoms with E-state index >= 15 is 0 Å². The molecular weight excluding hydrogens is 200 g/mol. The van der Waals surface area contributed by atoms with Crippen molar-refractivity contribution in [1.82, 2.24) is 10.3 Å². The molecule has 0 bridgehead atoms. The summed E-state index contributed by atoms with van der Waals surface area (Å²) in [5.41, 5.74) is 1.19. The van der Waals surface area contributed by atoms with E-state index in [1.54, 1.807) is 12.3 Å². The summed E-state index contributed by atoms with van der Waals surface area (Å²) in [6.45, 7) is 10.4. The average molecular weight is 220 g/mol. The summed E-state index contributed by atoms with van der Waals surface area (Å²) in [7, 11) is 0. The first kappa shape index (κ1) is 12.7. The van der Waals surface area contributed by atoms with Gasteiger partial charge in [0.25, 0.3) is 0 Å². The summed E-state index contributed by atoms with van der Waals surface area (Å²) >= 11 is 0. The Morgan fingerprint density at radius 1 is 1.56 bits per heavy atom. The van der Waals surface area contributed by atoms with Crippen molar-refractivity contribution in [3.05, 3.63) is 36.5 Å². The number of pyridine rings is 1. The van der Waals surface area contributed by atoms with Gasteiger partial charge in [-0.3, -0.25) is 0 Å². The molecular formula is C13H20N2O. The van der Waals surface area contributed by atoms with Crippen LogP contribution in [0.15, 0.2) is 31.0 Å². The molecule has 0 unspecified atom stereocenters. The van der Waals surface area contributed by atoms with Crippen molar-refractivity contribution < 1.29 is 4.74 Å². The van der Waals surface area contributed by atoms with Crippen LogP contribution in [0.5, 0.6) is 5.88 Å². The Morgan fingerprint density at radius 2 is 2.38 bits per heavy atom. The third-order valence-corrected chi connectivity index (χ3v) is 2.03. The maximum Gasteiger partial charge on any atom is 0.213 e. The molecule has 1 heterocycles. The molecule has 3 heteroatoms. The number of hydrogen-bond acceptors (Lipinski definition) is 3. The Bertz CT molecular complexity index is 323. The minimum absolute atomic E-state index is 0.496. The van der Waals surface area contributed by atoms with Crippen molar-refractivity contribution >= 4 is 0 Å². The summed E-state index contributed by atoms with van der Waals surface area (Å²) in [5.74, 6) is 1.32. The fourth-order valence-corrected chi connectivity index (χ4v) is 1.29. The summed E-state index contributed by atoms with van der Waals surface area (Å²) in [6.07, 6.45) is 3.48. The molecule has 3 nitrogen and oxygen atoms in total. The number of hydrogen-bond donors (Lipinski definition) is 1. The maximum absolute atomic E-state index is 5.37. The Morgan fingerprint density at radius 3 is 3.06 bits per heavy atom. The summed E-state index contributed by atoms with van der Waals surface area (Å²) < 4.78 is 5.37. The predicted octanol–water partition coefficient (Wildman–Crippen LogP) is 2.39. The molecule has 0 amide bonds. The van der Waals surface area contributed by atoms with Gasteiger partial charge in [-0.2, -0.15) is 0 Å². The summed E-state index contributed by atoms with van der Waals surface area (Å²) in [4.78, 5) is 4.12. The first-order chi connectivity index (χ1) is 7.72. The van der Waals surface area contributed by atoms with Crippen LogP contribution in [0.25, 0.3) is 0 Å². The number of aromatic nitrogens is 1. The van der Waals surface area contributed by atoms with Crippen LogP contribution >= 0.6 is 0 Å². The van der Waals surface area contributed by atoms with E-state index in [0.717, 1.165) is 13.1 Å². The topological polar surface area (TPSA) is 34.1 Å². The molecule has 1 aromatic rings. The lowest BCUT2D eigenvalue weighted by atomic mass is 10.2. The fraction of sp³-hybridized carbons (Fsp3) is 0.462. The van der Waals surface area contributed by atoms with Gasteiger partial charge in [0.2, 0.25) is 5.88 Å². The highest BCUT2D eigenvalue weighted by Crippen LogP contribution is 2.09. The van der Waals surface area contributed by atoms with Gasteiger partial charge in [-0.1, -0.05) is 26.5 Å². The molecule has 1 aromatic heterocycles. The molecule has 0 aliphatic heterocycles. The molecule has 1 rings (SSSR count). The molecule has 0 fully saturated rings. The van der Waals surface area contributed by atoms with Crippen molar-refractivity contribution in [3.63, 3.8) is 0 Å². The van der Waals surface area contributed by atoms with E-state index in [1.165, 1.54) is 5.56 Å². The molecule has 0 atom stereocenters. The molecule has 0 radical (unpaired) electrons. The second kappa shape index (κ2) is 7.01. The molecule has 16 heavy (non-hydrogen) atoms. The average Bonchev–Trinajstić information content (AvgIpc) is 2.26. The lowest BCUT2D eigenvalue weighted by Crippen LogP contribution is -2.18. The third-order valence-electron chi connectivity index (χ3n) is 2.03. The largest absolute Gasteiger partial charge is 0.473 e. The highest BCUT2D eigenvalue weighted by molar-refractivity contribution is 5.20. The van der Waals surface area contributed by atoms with E-state index in [9.17, 15) is 0 Å². The van der Waals surface area contributed by atoms with E-state index in [2.05, 4.69) is 30.7 Å². The minimum atomic E-state index is 0.496. The monoisotopic (exact) mass is 220 g/mol. The smallest absolute Gasteiger partial charge is 0.213 e. The molecule has 0 aliphatic rings. The van der Waals surface area contributed by atoms with Crippen molar-refractivity contribution in [2.75, 3.05) is 13.2 Å². The van der Waals surface area contributed by atoms with Gasteiger partial charge in [0.05, 0.1) is 0 Å². The van der Waals surface area contributed by atoms with E-state index in [4.69, 9.17) is 4.74 Å². The van der Waals surface area contributed by atoms with Crippen LogP contribution < -0.4 is 10.1 Å². The van der Waals surface area contributed by atoms with Crippen molar-refractivity contribution in [2.45, 2.75) is 20.4 Å². The first-order valence-corrected chi connectivity index (χ1v) is 5.61. The standard InChI is InChI=1S/C13H20N2O/c1-4-7-16-13-8-12(5-6-15-13)10-14-9-11(2)3/h4-6,8,11,14H,1,7,9-10H2,2-3H3. The molecule has 88 valence electrons. The highest BCUT2D eigenvalue weighted by atomic mass is 16.5. The maximum atomic E-state index is 5.37. The minimum Gasteiger partial charge on any atom is -0.473 e. The summed E-state index contributed by atoms with van der Waals surface area (Å²) in [5, 5.41) is 3.38. The van der Waals surface area contributed by atoms with E-state index in [0.29, 0.717) is 18.4 Å². The SMILES string of the molecule is C=CCOc1cc(CNCC(C)C)ccn1. The van der Waals surface area contributed by atoms with E-state index in [1.807, 2.05) is 12.1 Å². The Labute approximate surface area is 97.5 Å². The van der Waals surface area contributed by atoms with Crippen LogP contribution in [0.2, 0.25) is 0 Å². The van der Waals surface area contributed by atoms with Crippen LogP contribution in [0, 0.1) is 5.92 Å². The highest BCUT2D eigenvalue weighted by Gasteiger charge is 1.98. The van der Waals surface area contributed by atoms with E-state index < -0.39 is 0 Å². The number of rotatable bonds is 7. The summed E-state index contributed by atoms with van der Waals surface area (Å²) in [6, 6.07) is 3.95. The third kappa shape index (κ3) is 4.94. The van der Waals surface area contributed by atoms with Crippen molar-refractivity contribution in [3.8, 4) is 5.88 Å². The zero-order chi connectivity index (χ0) is 11.8. The number of ether oxygens (including phenoxy) is 1. The lowest BCUT2D eigenvalue weighted by Gasteiger charge is -2.08. The van der Waals surface area contributed by atoms with Gasteiger partial charge in [-0.25, -0.2) is 4.98 Å². The predicted molar refractivity (Wildman–Crippen MR) is 66.5 cm³/mol. The molecule has 0 aromatic carbocycles. The number of nitrogens with zero attached hydrogens (tertiary/aromatic N) is 1.